The highest BCUT2D eigenvalue weighted by molar-refractivity contribution is 14.1. The number of carbonyl (C=O) groups excluding carboxylic acids is 2. The van der Waals surface area contributed by atoms with Gasteiger partial charge in [0.25, 0.3) is 0 Å². The Hall–Kier alpha value is -0.130. The molecular weight excluding hydrogens is 209 g/mol. The molecule has 0 aromatic heterocycles. The van der Waals surface area contributed by atoms with Gasteiger partial charge in [-0.15, -0.1) is 0 Å². The summed E-state index contributed by atoms with van der Waals surface area (Å²) in [6.07, 6.45) is 0.461. The van der Waals surface area contributed by atoms with Crippen molar-refractivity contribution in [3.05, 3.63) is 0 Å². The second kappa shape index (κ2) is 2.95. The molecule has 4 heteroatoms. The smallest absolute Gasteiger partial charge is 0.234 e. The molecule has 0 saturated heterocycles. The third kappa shape index (κ3) is 2.55. The van der Waals surface area contributed by atoms with Crippen molar-refractivity contribution in [2.75, 3.05) is 0 Å². The molecule has 0 spiro atoms. The predicted octanol–water partition coefficient (Wildman–Crippen LogP) is 0.341. The van der Waals surface area contributed by atoms with Gasteiger partial charge in [0.05, 0.1) is 22.9 Å². The van der Waals surface area contributed by atoms with Crippen LogP contribution in [-0.2, 0) is 9.59 Å². The molecular formula is C3H4INO2. The van der Waals surface area contributed by atoms with Crippen molar-refractivity contribution in [1.82, 2.24) is 3.11 Å². The van der Waals surface area contributed by atoms with Crippen LogP contribution in [0.25, 0.3) is 0 Å². The van der Waals surface area contributed by atoms with E-state index in [1.807, 2.05) is 0 Å². The first-order chi connectivity index (χ1) is 3.18. The van der Waals surface area contributed by atoms with Crippen molar-refractivity contribution in [3.8, 4) is 0 Å². The zero-order valence-electron chi connectivity index (χ0n) is 3.72. The van der Waals surface area contributed by atoms with Crippen LogP contribution in [0, 0.1) is 0 Å². The summed E-state index contributed by atoms with van der Waals surface area (Å²) in [6, 6.07) is 0. The third-order valence-corrected chi connectivity index (χ3v) is 1.30. The summed E-state index contributed by atoms with van der Waals surface area (Å²) in [7, 11) is 0. The zero-order valence-corrected chi connectivity index (χ0v) is 5.88. The van der Waals surface area contributed by atoms with Crippen LogP contribution in [0.15, 0.2) is 0 Å². The highest BCUT2D eigenvalue weighted by Gasteiger charge is 1.97. The van der Waals surface area contributed by atoms with Gasteiger partial charge in [-0.2, -0.15) is 0 Å². The molecule has 0 aliphatic rings. The average Bonchev–Trinajstić information content (AvgIpc) is 1.65. The number of hydrogen-bond donors (Lipinski definition) is 0. The highest BCUT2D eigenvalue weighted by Crippen LogP contribution is 1.91. The first-order valence-electron chi connectivity index (χ1n) is 1.59. The van der Waals surface area contributed by atoms with E-state index in [-0.39, 0.29) is 5.91 Å². The summed E-state index contributed by atoms with van der Waals surface area (Å²) < 4.78 is 0.942. The first-order valence-corrected chi connectivity index (χ1v) is 2.56. The largest absolute Gasteiger partial charge is 0.277 e. The second-order valence-electron chi connectivity index (χ2n) is 0.936. The van der Waals surface area contributed by atoms with Gasteiger partial charge in [0.15, 0.2) is 0 Å². The lowest BCUT2D eigenvalue weighted by Crippen LogP contribution is -2.13. The molecule has 0 bridgehead atoms. The minimum atomic E-state index is -0.254. The second-order valence-corrected chi connectivity index (χ2v) is 1.98. The molecule has 0 saturated carbocycles. The maximum Gasteiger partial charge on any atom is 0.234 e. The Balaban J connectivity index is 3.55. The fraction of sp³-hybridized carbons (Fsp3) is 0.333. The van der Waals surface area contributed by atoms with Crippen LogP contribution in [0.3, 0.4) is 0 Å². The van der Waals surface area contributed by atoms with Gasteiger partial charge in [0.2, 0.25) is 12.3 Å². The lowest BCUT2D eigenvalue weighted by Gasteiger charge is -1.96. The van der Waals surface area contributed by atoms with Crippen LogP contribution in [0.2, 0.25) is 0 Å². The van der Waals surface area contributed by atoms with E-state index in [4.69, 9.17) is 0 Å². The molecule has 0 aromatic carbocycles. The average molecular weight is 213 g/mol. The van der Waals surface area contributed by atoms with Crippen molar-refractivity contribution < 1.29 is 9.59 Å². The van der Waals surface area contributed by atoms with Crippen LogP contribution in [0.1, 0.15) is 6.92 Å². The Morgan fingerprint density at radius 2 is 2.29 bits per heavy atom. The molecule has 2 amide bonds. The van der Waals surface area contributed by atoms with Crippen molar-refractivity contribution in [2.45, 2.75) is 6.92 Å². The van der Waals surface area contributed by atoms with E-state index in [2.05, 4.69) is 0 Å². The van der Waals surface area contributed by atoms with Gasteiger partial charge in [-0.25, -0.2) is 3.11 Å². The lowest BCUT2D eigenvalue weighted by atomic mass is 10.7. The fourth-order valence-corrected chi connectivity index (χ4v) is 0.0742. The van der Waals surface area contributed by atoms with E-state index < -0.39 is 0 Å². The summed E-state index contributed by atoms with van der Waals surface area (Å²) in [6.45, 7) is 1.32. The number of nitrogens with zero attached hydrogens (tertiary/aromatic N) is 1. The number of imide groups is 1. The quantitative estimate of drug-likeness (QED) is 0.357. The van der Waals surface area contributed by atoms with Gasteiger partial charge in [-0.1, -0.05) is 0 Å². The molecule has 0 unspecified atom stereocenters. The Labute approximate surface area is 55.2 Å². The Morgan fingerprint density at radius 3 is 2.29 bits per heavy atom. The van der Waals surface area contributed by atoms with Gasteiger partial charge in [0.1, 0.15) is 0 Å². The highest BCUT2D eigenvalue weighted by atomic mass is 127. The molecule has 7 heavy (non-hydrogen) atoms. The van der Waals surface area contributed by atoms with Crippen LogP contribution < -0.4 is 0 Å². The van der Waals surface area contributed by atoms with Gasteiger partial charge >= 0.3 is 0 Å². The summed E-state index contributed by atoms with van der Waals surface area (Å²) in [5.41, 5.74) is 0. The van der Waals surface area contributed by atoms with E-state index in [1.54, 1.807) is 22.9 Å². The monoisotopic (exact) mass is 213 g/mol. The number of carbonyl (C=O) groups is 2. The van der Waals surface area contributed by atoms with Crippen molar-refractivity contribution in [2.24, 2.45) is 0 Å². The van der Waals surface area contributed by atoms with Crippen molar-refractivity contribution in [3.63, 3.8) is 0 Å². The molecule has 0 fully saturated rings. The van der Waals surface area contributed by atoms with Gasteiger partial charge < -0.3 is 0 Å². The summed E-state index contributed by atoms with van der Waals surface area (Å²) in [5, 5.41) is 0. The normalized spacial score (nSPS) is 7.71. The minimum absolute atomic E-state index is 0.254. The summed E-state index contributed by atoms with van der Waals surface area (Å²) in [5.74, 6) is -0.254. The lowest BCUT2D eigenvalue weighted by molar-refractivity contribution is -0.128. The molecule has 0 radical (unpaired) electrons. The third-order valence-electron chi connectivity index (χ3n) is 0.393. The van der Waals surface area contributed by atoms with Crippen molar-refractivity contribution >= 4 is 35.2 Å². The van der Waals surface area contributed by atoms with E-state index >= 15 is 0 Å². The zero-order chi connectivity index (χ0) is 5.86. The Kier molecular flexibility index (Phi) is 2.89. The molecule has 3 nitrogen and oxygen atoms in total. The molecule has 0 aromatic rings. The SMILES string of the molecule is CC(=O)N(I)C=O. The van der Waals surface area contributed by atoms with E-state index in [0.29, 0.717) is 6.41 Å². The topological polar surface area (TPSA) is 37.4 Å². The van der Waals surface area contributed by atoms with Gasteiger partial charge in [0, 0.05) is 6.92 Å². The van der Waals surface area contributed by atoms with Crippen molar-refractivity contribution in [1.29, 1.82) is 0 Å². The minimum Gasteiger partial charge on any atom is -0.277 e. The maximum atomic E-state index is 10.1. The van der Waals surface area contributed by atoms with E-state index in [9.17, 15) is 9.59 Å². The van der Waals surface area contributed by atoms with Crippen LogP contribution in [0.4, 0.5) is 0 Å². The maximum absolute atomic E-state index is 10.1. The van der Waals surface area contributed by atoms with Crippen LogP contribution in [-0.4, -0.2) is 15.4 Å². The van der Waals surface area contributed by atoms with E-state index in [1.165, 1.54) is 6.92 Å². The number of halogens is 1. The fourth-order valence-electron chi connectivity index (χ4n) is 0.0742. The molecule has 0 heterocycles. The van der Waals surface area contributed by atoms with Crippen LogP contribution in [0.5, 0.6) is 0 Å². The number of amides is 2. The van der Waals surface area contributed by atoms with Gasteiger partial charge in [-0.05, 0) is 0 Å². The van der Waals surface area contributed by atoms with E-state index in [0.717, 1.165) is 3.11 Å². The molecule has 0 aliphatic carbocycles. The van der Waals surface area contributed by atoms with Crippen LogP contribution >= 0.6 is 22.9 Å². The molecule has 0 N–H and O–H groups in total. The summed E-state index contributed by atoms with van der Waals surface area (Å²) in [4.78, 5) is 19.7. The first kappa shape index (κ1) is 6.87. The standard InChI is InChI=1S/C3H4INO2/c1-3(7)5(4)2-6/h2H,1H3. The Morgan fingerprint density at radius 1 is 1.86 bits per heavy atom. The Bertz CT molecular complexity index is 92.9. The summed E-state index contributed by atoms with van der Waals surface area (Å²) >= 11 is 1.61. The number of hydrogen-bond acceptors (Lipinski definition) is 2. The molecule has 0 atom stereocenters. The molecule has 40 valence electrons. The predicted molar refractivity (Wildman–Crippen MR) is 32.6 cm³/mol. The van der Waals surface area contributed by atoms with Gasteiger partial charge in [-0.3, -0.25) is 9.59 Å². The number of rotatable bonds is 1. The molecule has 0 rings (SSSR count). The molecule has 0 aliphatic heterocycles.